The van der Waals surface area contributed by atoms with Crippen LogP contribution in [0.3, 0.4) is 0 Å². The molecule has 24 heavy (non-hydrogen) atoms. The van der Waals surface area contributed by atoms with Crippen molar-refractivity contribution in [3.63, 3.8) is 0 Å². The monoisotopic (exact) mass is 464 g/mol. The number of rotatable bonds is 6. The lowest BCUT2D eigenvalue weighted by Crippen LogP contribution is -2.42. The molecule has 0 heterocycles. The van der Waals surface area contributed by atoms with Crippen LogP contribution in [0.2, 0.25) is 5.02 Å². The molecule has 134 valence electrons. The zero-order valence-corrected chi connectivity index (χ0v) is 17.1. The molecule has 7 heteroatoms. The fourth-order valence-corrected chi connectivity index (χ4v) is 2.80. The molecule has 1 amide bonds. The van der Waals surface area contributed by atoms with Crippen molar-refractivity contribution in [2.24, 2.45) is 4.99 Å². The first-order valence-electron chi connectivity index (χ1n) is 8.20. The highest BCUT2D eigenvalue weighted by Gasteiger charge is 2.15. The SMILES string of the molecule is CN=C(NCCCC(=O)Nc1ccc(Cl)cc1)NC1CCCC1.I. The summed E-state index contributed by atoms with van der Waals surface area (Å²) < 4.78 is 0. The first-order valence-corrected chi connectivity index (χ1v) is 8.58. The van der Waals surface area contributed by atoms with Gasteiger partial charge in [0.15, 0.2) is 5.96 Å². The van der Waals surface area contributed by atoms with Gasteiger partial charge >= 0.3 is 0 Å². The van der Waals surface area contributed by atoms with E-state index in [1.54, 1.807) is 31.3 Å². The summed E-state index contributed by atoms with van der Waals surface area (Å²) in [6.45, 7) is 0.723. The van der Waals surface area contributed by atoms with Crippen LogP contribution in [0.1, 0.15) is 38.5 Å². The van der Waals surface area contributed by atoms with E-state index in [9.17, 15) is 4.79 Å². The third-order valence-corrected chi connectivity index (χ3v) is 4.17. The summed E-state index contributed by atoms with van der Waals surface area (Å²) in [6, 6.07) is 7.65. The number of amides is 1. The van der Waals surface area contributed by atoms with Gasteiger partial charge in [-0.1, -0.05) is 24.4 Å². The number of carbonyl (C=O) groups excluding carboxylic acids is 1. The largest absolute Gasteiger partial charge is 0.356 e. The lowest BCUT2D eigenvalue weighted by atomic mass is 10.2. The number of hydrogen-bond donors (Lipinski definition) is 3. The van der Waals surface area contributed by atoms with Crippen molar-refractivity contribution < 1.29 is 4.79 Å². The lowest BCUT2D eigenvalue weighted by Gasteiger charge is -2.16. The first-order chi connectivity index (χ1) is 11.2. The fourth-order valence-electron chi connectivity index (χ4n) is 2.67. The van der Waals surface area contributed by atoms with Gasteiger partial charge in [0.25, 0.3) is 0 Å². The number of nitrogens with zero attached hydrogens (tertiary/aromatic N) is 1. The smallest absolute Gasteiger partial charge is 0.224 e. The van der Waals surface area contributed by atoms with Crippen molar-refractivity contribution in [2.75, 3.05) is 18.9 Å². The molecule has 0 aliphatic heterocycles. The van der Waals surface area contributed by atoms with E-state index in [4.69, 9.17) is 11.6 Å². The summed E-state index contributed by atoms with van der Waals surface area (Å²) in [5, 5.41) is 10.2. The standard InChI is InChI=1S/C17H25ClN4O.HI/c1-19-17(22-14-5-2-3-6-14)20-12-4-7-16(23)21-15-10-8-13(18)9-11-15;/h8-11,14H,2-7,12H2,1H3,(H,21,23)(H2,19,20,22);1H. The lowest BCUT2D eigenvalue weighted by molar-refractivity contribution is -0.116. The van der Waals surface area contributed by atoms with Crippen LogP contribution in [0.4, 0.5) is 5.69 Å². The molecule has 3 N–H and O–H groups in total. The van der Waals surface area contributed by atoms with Crippen molar-refractivity contribution in [3.8, 4) is 0 Å². The van der Waals surface area contributed by atoms with Crippen LogP contribution in [-0.4, -0.2) is 31.5 Å². The quantitative estimate of drug-likeness (QED) is 0.260. The molecule has 0 bridgehead atoms. The Bertz CT molecular complexity index is 530. The summed E-state index contributed by atoms with van der Waals surface area (Å²) in [6.07, 6.45) is 6.23. The molecule has 1 fully saturated rings. The van der Waals surface area contributed by atoms with Gasteiger partial charge < -0.3 is 16.0 Å². The van der Waals surface area contributed by atoms with Gasteiger partial charge in [-0.3, -0.25) is 9.79 Å². The van der Waals surface area contributed by atoms with E-state index in [0.29, 0.717) is 17.5 Å². The Labute approximate surface area is 166 Å². The second kappa shape index (κ2) is 11.5. The van der Waals surface area contributed by atoms with Crippen LogP contribution < -0.4 is 16.0 Å². The van der Waals surface area contributed by atoms with Gasteiger partial charge in [-0.15, -0.1) is 24.0 Å². The number of hydrogen-bond acceptors (Lipinski definition) is 2. The number of anilines is 1. The van der Waals surface area contributed by atoms with E-state index < -0.39 is 0 Å². The molecule has 1 aromatic carbocycles. The van der Waals surface area contributed by atoms with Crippen LogP contribution >= 0.6 is 35.6 Å². The molecule has 0 aromatic heterocycles. The Hall–Kier alpha value is -1.02. The molecule has 1 aliphatic carbocycles. The highest BCUT2D eigenvalue weighted by molar-refractivity contribution is 14.0. The number of nitrogens with one attached hydrogen (secondary N) is 3. The minimum Gasteiger partial charge on any atom is -0.356 e. The number of benzene rings is 1. The van der Waals surface area contributed by atoms with E-state index in [1.165, 1.54) is 25.7 Å². The molecular formula is C17H26ClIN4O. The van der Waals surface area contributed by atoms with Crippen molar-refractivity contribution in [3.05, 3.63) is 29.3 Å². The maximum absolute atomic E-state index is 11.9. The summed E-state index contributed by atoms with van der Waals surface area (Å²) >= 11 is 5.82. The zero-order chi connectivity index (χ0) is 16.5. The summed E-state index contributed by atoms with van der Waals surface area (Å²) in [7, 11) is 1.78. The molecule has 1 aromatic rings. The van der Waals surface area contributed by atoms with Crippen LogP contribution in [-0.2, 0) is 4.79 Å². The van der Waals surface area contributed by atoms with Crippen LogP contribution in [0.5, 0.6) is 0 Å². The molecule has 0 spiro atoms. The van der Waals surface area contributed by atoms with Crippen LogP contribution in [0.15, 0.2) is 29.3 Å². The fraction of sp³-hybridized carbons (Fsp3) is 0.529. The van der Waals surface area contributed by atoms with Gasteiger partial charge in [-0.25, -0.2) is 0 Å². The van der Waals surface area contributed by atoms with Crippen molar-refractivity contribution >= 4 is 53.1 Å². The Kier molecular flexibility index (Phi) is 10.1. The van der Waals surface area contributed by atoms with Gasteiger partial charge in [0.05, 0.1) is 0 Å². The average molecular weight is 465 g/mol. The minimum atomic E-state index is 0. The number of aliphatic imine (C=N–C) groups is 1. The molecule has 5 nitrogen and oxygen atoms in total. The van der Waals surface area contributed by atoms with Crippen molar-refractivity contribution in [2.45, 2.75) is 44.6 Å². The molecule has 0 unspecified atom stereocenters. The maximum atomic E-state index is 11.9. The van der Waals surface area contributed by atoms with Crippen molar-refractivity contribution in [1.29, 1.82) is 0 Å². The summed E-state index contributed by atoms with van der Waals surface area (Å²) in [5.41, 5.74) is 0.770. The number of halogens is 2. The first kappa shape index (κ1) is 21.0. The van der Waals surface area contributed by atoms with E-state index in [-0.39, 0.29) is 29.9 Å². The molecule has 0 radical (unpaired) electrons. The van der Waals surface area contributed by atoms with E-state index in [0.717, 1.165) is 24.6 Å². The Balaban J connectivity index is 0.00000288. The third kappa shape index (κ3) is 7.70. The van der Waals surface area contributed by atoms with Gasteiger partial charge in [-0.2, -0.15) is 0 Å². The van der Waals surface area contributed by atoms with Gasteiger partial charge in [0.2, 0.25) is 5.91 Å². The van der Waals surface area contributed by atoms with Gasteiger partial charge in [-0.05, 0) is 43.5 Å². The summed E-state index contributed by atoms with van der Waals surface area (Å²) in [4.78, 5) is 16.1. The van der Waals surface area contributed by atoms with E-state index in [1.807, 2.05) is 0 Å². The molecule has 0 saturated heterocycles. The van der Waals surface area contributed by atoms with E-state index in [2.05, 4.69) is 20.9 Å². The Morgan fingerprint density at radius 2 is 1.92 bits per heavy atom. The highest BCUT2D eigenvalue weighted by atomic mass is 127. The molecule has 0 atom stereocenters. The predicted octanol–water partition coefficient (Wildman–Crippen LogP) is 3.78. The minimum absolute atomic E-state index is 0. The summed E-state index contributed by atoms with van der Waals surface area (Å²) in [5.74, 6) is 0.836. The predicted molar refractivity (Wildman–Crippen MR) is 111 cm³/mol. The second-order valence-corrected chi connectivity index (χ2v) is 6.22. The zero-order valence-electron chi connectivity index (χ0n) is 14.0. The number of carbonyl (C=O) groups is 1. The van der Waals surface area contributed by atoms with Crippen LogP contribution in [0.25, 0.3) is 0 Å². The van der Waals surface area contributed by atoms with Crippen LogP contribution in [0, 0.1) is 0 Å². The van der Waals surface area contributed by atoms with Gasteiger partial charge in [0, 0.05) is 36.8 Å². The second-order valence-electron chi connectivity index (χ2n) is 5.78. The Morgan fingerprint density at radius 3 is 2.54 bits per heavy atom. The topological polar surface area (TPSA) is 65.5 Å². The van der Waals surface area contributed by atoms with Gasteiger partial charge in [0.1, 0.15) is 0 Å². The third-order valence-electron chi connectivity index (χ3n) is 3.92. The molecule has 2 rings (SSSR count). The number of guanidine groups is 1. The molecule has 1 saturated carbocycles. The average Bonchev–Trinajstić information content (AvgIpc) is 3.05. The van der Waals surface area contributed by atoms with Crippen molar-refractivity contribution in [1.82, 2.24) is 10.6 Å². The Morgan fingerprint density at radius 1 is 1.25 bits per heavy atom. The maximum Gasteiger partial charge on any atom is 0.224 e. The highest BCUT2D eigenvalue weighted by Crippen LogP contribution is 2.17. The molecule has 1 aliphatic rings. The normalized spacial score (nSPS) is 14.8. The molecular weight excluding hydrogens is 439 g/mol. The van der Waals surface area contributed by atoms with E-state index >= 15 is 0 Å².